The number of hydrogen-bond acceptors (Lipinski definition) is 5. The number of carbonyl (C=O) groups excluding carboxylic acids is 2. The summed E-state index contributed by atoms with van der Waals surface area (Å²) >= 11 is 0. The zero-order valence-electron chi connectivity index (χ0n) is 18.2. The van der Waals surface area contributed by atoms with Crippen LogP contribution in [-0.2, 0) is 17.9 Å². The third kappa shape index (κ3) is 5.72. The molecular formula is C24H27N3O4. The van der Waals surface area contributed by atoms with Crippen LogP contribution in [-0.4, -0.2) is 17.0 Å². The van der Waals surface area contributed by atoms with Gasteiger partial charge in [-0.3, -0.25) is 9.59 Å². The van der Waals surface area contributed by atoms with Crippen LogP contribution in [0.5, 0.6) is 5.75 Å². The first-order chi connectivity index (χ1) is 14.8. The lowest BCUT2D eigenvalue weighted by Crippen LogP contribution is -2.23. The molecule has 0 aliphatic heterocycles. The summed E-state index contributed by atoms with van der Waals surface area (Å²) in [6.07, 6.45) is 0. The van der Waals surface area contributed by atoms with Gasteiger partial charge in [0, 0.05) is 18.2 Å². The van der Waals surface area contributed by atoms with Gasteiger partial charge in [-0.25, -0.2) is 0 Å². The predicted octanol–water partition coefficient (Wildman–Crippen LogP) is 4.39. The number of anilines is 1. The van der Waals surface area contributed by atoms with Gasteiger partial charge < -0.3 is 19.9 Å². The van der Waals surface area contributed by atoms with Crippen LogP contribution in [0.25, 0.3) is 0 Å². The summed E-state index contributed by atoms with van der Waals surface area (Å²) in [5, 5.41) is 9.70. The van der Waals surface area contributed by atoms with Crippen molar-refractivity contribution in [3.05, 3.63) is 76.7 Å². The number of nitrogens with one attached hydrogen (secondary N) is 2. The maximum absolute atomic E-state index is 12.8. The van der Waals surface area contributed by atoms with Crippen LogP contribution in [0.15, 0.2) is 53.1 Å². The van der Waals surface area contributed by atoms with Gasteiger partial charge in [0.25, 0.3) is 5.91 Å². The van der Waals surface area contributed by atoms with Gasteiger partial charge in [0.2, 0.25) is 5.91 Å². The molecule has 0 aliphatic carbocycles. The van der Waals surface area contributed by atoms with Crippen LogP contribution < -0.4 is 15.4 Å². The van der Waals surface area contributed by atoms with E-state index in [1.807, 2.05) is 58.0 Å². The van der Waals surface area contributed by atoms with E-state index in [1.54, 1.807) is 18.2 Å². The quantitative estimate of drug-likeness (QED) is 0.562. The fraction of sp³-hybridized carbons (Fsp3) is 0.292. The summed E-state index contributed by atoms with van der Waals surface area (Å²) < 4.78 is 11.1. The normalized spacial score (nSPS) is 10.7. The van der Waals surface area contributed by atoms with Gasteiger partial charge in [0.1, 0.15) is 18.1 Å². The van der Waals surface area contributed by atoms with E-state index in [4.69, 9.17) is 9.26 Å². The Morgan fingerprint density at radius 2 is 1.87 bits per heavy atom. The van der Waals surface area contributed by atoms with E-state index in [2.05, 4.69) is 15.8 Å². The highest BCUT2D eigenvalue weighted by Crippen LogP contribution is 2.22. The van der Waals surface area contributed by atoms with Crippen molar-refractivity contribution in [2.45, 2.75) is 40.8 Å². The molecule has 7 nitrogen and oxygen atoms in total. The standard InChI is InChI=1S/C24H27N3O4/c1-15(2)23(28)26-19-9-7-8-18(12-19)13-25-24(29)20-10-5-6-11-22(20)30-14-21-16(3)27-31-17(21)4/h5-12,15H,13-14H2,1-4H3,(H,25,29)(H,26,28). The highest BCUT2D eigenvalue weighted by atomic mass is 16.5. The molecule has 0 saturated carbocycles. The van der Waals surface area contributed by atoms with E-state index in [0.717, 1.165) is 16.8 Å². The number of rotatable bonds is 8. The SMILES string of the molecule is Cc1noc(C)c1COc1ccccc1C(=O)NCc1cccc(NC(=O)C(C)C)c1. The highest BCUT2D eigenvalue weighted by Gasteiger charge is 2.15. The van der Waals surface area contributed by atoms with Gasteiger partial charge >= 0.3 is 0 Å². The molecule has 0 aliphatic rings. The first-order valence-corrected chi connectivity index (χ1v) is 10.2. The molecule has 31 heavy (non-hydrogen) atoms. The van der Waals surface area contributed by atoms with Crippen molar-refractivity contribution in [2.75, 3.05) is 5.32 Å². The summed E-state index contributed by atoms with van der Waals surface area (Å²) in [6, 6.07) is 14.5. The Morgan fingerprint density at radius 3 is 2.58 bits per heavy atom. The molecule has 3 rings (SSSR count). The van der Waals surface area contributed by atoms with Gasteiger partial charge in [-0.15, -0.1) is 0 Å². The molecule has 0 fully saturated rings. The van der Waals surface area contributed by atoms with Crippen LogP contribution in [0.1, 0.15) is 46.8 Å². The lowest BCUT2D eigenvalue weighted by Gasteiger charge is -2.12. The summed E-state index contributed by atoms with van der Waals surface area (Å²) in [6.45, 7) is 7.95. The molecule has 2 aromatic carbocycles. The maximum Gasteiger partial charge on any atom is 0.255 e. The summed E-state index contributed by atoms with van der Waals surface area (Å²) in [5.74, 6) is 0.781. The Balaban J connectivity index is 1.64. The number of ether oxygens (including phenoxy) is 1. The molecule has 2 N–H and O–H groups in total. The Bertz CT molecular complexity index is 1050. The number of aromatic nitrogens is 1. The first kappa shape index (κ1) is 22.1. The van der Waals surface area contributed by atoms with Crippen LogP contribution >= 0.6 is 0 Å². The molecule has 7 heteroatoms. The Morgan fingerprint density at radius 1 is 1.10 bits per heavy atom. The average molecular weight is 421 g/mol. The van der Waals surface area contributed by atoms with Crippen LogP contribution in [0.4, 0.5) is 5.69 Å². The molecule has 0 bridgehead atoms. The number of benzene rings is 2. The smallest absolute Gasteiger partial charge is 0.255 e. The van der Waals surface area contributed by atoms with Crippen molar-refractivity contribution < 1.29 is 18.8 Å². The fourth-order valence-electron chi connectivity index (χ4n) is 2.96. The molecule has 0 radical (unpaired) electrons. The van der Waals surface area contributed by atoms with Crippen molar-refractivity contribution in [3.63, 3.8) is 0 Å². The lowest BCUT2D eigenvalue weighted by molar-refractivity contribution is -0.118. The maximum atomic E-state index is 12.8. The monoisotopic (exact) mass is 421 g/mol. The second-order valence-electron chi connectivity index (χ2n) is 7.61. The number of hydrogen-bond donors (Lipinski definition) is 2. The first-order valence-electron chi connectivity index (χ1n) is 10.2. The zero-order valence-corrected chi connectivity index (χ0v) is 18.2. The summed E-state index contributed by atoms with van der Waals surface area (Å²) in [4.78, 5) is 24.7. The van der Waals surface area contributed by atoms with E-state index in [1.165, 1.54) is 0 Å². The Labute approximate surface area is 181 Å². The molecule has 1 aromatic heterocycles. The second-order valence-corrected chi connectivity index (χ2v) is 7.61. The van der Waals surface area contributed by atoms with Gasteiger partial charge in [-0.2, -0.15) is 0 Å². The molecule has 0 unspecified atom stereocenters. The third-order valence-electron chi connectivity index (χ3n) is 4.86. The van der Waals surface area contributed by atoms with Crippen molar-refractivity contribution in [3.8, 4) is 5.75 Å². The van der Waals surface area contributed by atoms with Gasteiger partial charge in [0.05, 0.1) is 16.8 Å². The highest BCUT2D eigenvalue weighted by molar-refractivity contribution is 5.97. The Kier molecular flexibility index (Phi) is 7.07. The van der Waals surface area contributed by atoms with Crippen LogP contribution in [0, 0.1) is 19.8 Å². The minimum atomic E-state index is -0.244. The van der Waals surface area contributed by atoms with Crippen molar-refractivity contribution >= 4 is 17.5 Å². The second kappa shape index (κ2) is 9.93. The number of amides is 2. The average Bonchev–Trinajstić information content (AvgIpc) is 3.08. The molecular weight excluding hydrogens is 394 g/mol. The molecule has 162 valence electrons. The number of nitrogens with zero attached hydrogens (tertiary/aromatic N) is 1. The van der Waals surface area contributed by atoms with E-state index in [9.17, 15) is 9.59 Å². The van der Waals surface area contributed by atoms with Crippen LogP contribution in [0.3, 0.4) is 0 Å². The lowest BCUT2D eigenvalue weighted by atomic mass is 10.1. The van der Waals surface area contributed by atoms with Crippen molar-refractivity contribution in [2.24, 2.45) is 5.92 Å². The van der Waals surface area contributed by atoms with Crippen molar-refractivity contribution in [1.29, 1.82) is 0 Å². The summed E-state index contributed by atoms with van der Waals surface area (Å²) in [5.41, 5.74) is 3.66. The topological polar surface area (TPSA) is 93.5 Å². The van der Waals surface area contributed by atoms with E-state index >= 15 is 0 Å². The zero-order chi connectivity index (χ0) is 22.4. The van der Waals surface area contributed by atoms with E-state index in [0.29, 0.717) is 29.3 Å². The third-order valence-corrected chi connectivity index (χ3v) is 4.86. The number of carbonyl (C=O) groups is 2. The van der Waals surface area contributed by atoms with E-state index < -0.39 is 0 Å². The van der Waals surface area contributed by atoms with Crippen LogP contribution in [0.2, 0.25) is 0 Å². The molecule has 0 atom stereocenters. The van der Waals surface area contributed by atoms with Crippen molar-refractivity contribution in [1.82, 2.24) is 10.5 Å². The Hall–Kier alpha value is -3.61. The predicted molar refractivity (Wildman–Crippen MR) is 118 cm³/mol. The molecule has 0 spiro atoms. The van der Waals surface area contributed by atoms with Gasteiger partial charge in [0.15, 0.2) is 0 Å². The molecule has 1 heterocycles. The minimum absolute atomic E-state index is 0.0504. The fourth-order valence-corrected chi connectivity index (χ4v) is 2.96. The molecule has 3 aromatic rings. The molecule has 2 amide bonds. The number of aryl methyl sites for hydroxylation is 2. The largest absolute Gasteiger partial charge is 0.488 e. The van der Waals surface area contributed by atoms with Gasteiger partial charge in [-0.05, 0) is 43.7 Å². The number of para-hydroxylation sites is 1. The minimum Gasteiger partial charge on any atom is -0.488 e. The molecule has 0 saturated heterocycles. The summed E-state index contributed by atoms with van der Waals surface area (Å²) in [7, 11) is 0. The van der Waals surface area contributed by atoms with Gasteiger partial charge in [-0.1, -0.05) is 43.3 Å². The van der Waals surface area contributed by atoms with E-state index in [-0.39, 0.29) is 24.3 Å².